The smallest absolute Gasteiger partial charge is 0.261 e. The summed E-state index contributed by atoms with van der Waals surface area (Å²) in [5.74, 6) is -5.86. The van der Waals surface area contributed by atoms with Crippen LogP contribution in [-0.2, 0) is 0 Å². The summed E-state index contributed by atoms with van der Waals surface area (Å²) in [6.45, 7) is 0.408. The van der Waals surface area contributed by atoms with Gasteiger partial charge in [-0.1, -0.05) is 12.1 Å². The van der Waals surface area contributed by atoms with Gasteiger partial charge in [0.1, 0.15) is 0 Å². The monoisotopic (exact) mass is 417 g/mol. The van der Waals surface area contributed by atoms with Crippen LogP contribution in [0.15, 0.2) is 41.5 Å². The SMILES string of the molecule is COc1c(F)c(F)cc(C(=O)N2CCC[C@H](n3cnc4ccccc4c3=O)C2)c1F. The lowest BCUT2D eigenvalue weighted by atomic mass is 10.0. The van der Waals surface area contributed by atoms with Crippen LogP contribution < -0.4 is 10.3 Å². The van der Waals surface area contributed by atoms with Gasteiger partial charge in [0.25, 0.3) is 11.5 Å². The Balaban J connectivity index is 1.65. The summed E-state index contributed by atoms with van der Waals surface area (Å²) < 4.78 is 48.1. The van der Waals surface area contributed by atoms with Gasteiger partial charge in [-0.3, -0.25) is 14.2 Å². The molecule has 1 atom stereocenters. The Bertz CT molecular complexity index is 1200. The molecule has 0 spiro atoms. The molecule has 1 aliphatic heterocycles. The fourth-order valence-electron chi connectivity index (χ4n) is 3.80. The number of rotatable bonds is 3. The molecule has 0 radical (unpaired) electrons. The number of benzene rings is 2. The van der Waals surface area contributed by atoms with Crippen LogP contribution in [-0.4, -0.2) is 40.6 Å². The summed E-state index contributed by atoms with van der Waals surface area (Å²) in [5.41, 5.74) is -0.283. The van der Waals surface area contributed by atoms with Gasteiger partial charge in [-0.25, -0.2) is 13.8 Å². The molecule has 0 bridgehead atoms. The molecule has 0 aliphatic carbocycles. The molecule has 1 saturated heterocycles. The average molecular weight is 417 g/mol. The van der Waals surface area contributed by atoms with Crippen LogP contribution in [0, 0.1) is 17.5 Å². The van der Waals surface area contributed by atoms with Crippen molar-refractivity contribution < 1.29 is 22.7 Å². The lowest BCUT2D eigenvalue weighted by molar-refractivity contribution is 0.0671. The molecular weight excluding hydrogens is 399 g/mol. The Morgan fingerprint density at radius 3 is 2.73 bits per heavy atom. The number of ether oxygens (including phenoxy) is 1. The molecule has 1 amide bonds. The van der Waals surface area contributed by atoms with Crippen LogP contribution >= 0.6 is 0 Å². The van der Waals surface area contributed by atoms with Crippen LogP contribution in [0.4, 0.5) is 13.2 Å². The Kier molecular flexibility index (Phi) is 5.19. The molecule has 30 heavy (non-hydrogen) atoms. The maximum atomic E-state index is 14.5. The van der Waals surface area contributed by atoms with Gasteiger partial charge in [0.15, 0.2) is 17.4 Å². The molecule has 6 nitrogen and oxygen atoms in total. The van der Waals surface area contributed by atoms with Gasteiger partial charge >= 0.3 is 0 Å². The molecule has 9 heteroatoms. The largest absolute Gasteiger partial charge is 0.491 e. The van der Waals surface area contributed by atoms with Crippen molar-refractivity contribution in [1.29, 1.82) is 0 Å². The standard InChI is InChI=1S/C21H18F3N3O3/c1-30-19-17(23)14(9-15(22)18(19)24)20(28)26-8-4-5-12(10-26)27-11-25-16-7-3-2-6-13(16)21(27)29/h2-3,6-7,9,11-12H,4-5,8,10H2,1H3/t12-/m0/s1. The minimum Gasteiger partial charge on any atom is -0.491 e. The first-order chi connectivity index (χ1) is 14.4. The van der Waals surface area contributed by atoms with E-state index < -0.39 is 34.7 Å². The topological polar surface area (TPSA) is 64.4 Å². The molecule has 3 aromatic rings. The van der Waals surface area contributed by atoms with Gasteiger partial charge in [-0.2, -0.15) is 4.39 Å². The fraction of sp³-hybridized carbons (Fsp3) is 0.286. The Morgan fingerprint density at radius 1 is 1.20 bits per heavy atom. The molecule has 156 valence electrons. The number of aromatic nitrogens is 2. The molecule has 2 heterocycles. The highest BCUT2D eigenvalue weighted by Gasteiger charge is 2.30. The van der Waals surface area contributed by atoms with E-state index in [-0.39, 0.29) is 18.1 Å². The zero-order valence-corrected chi connectivity index (χ0v) is 16.1. The summed E-state index contributed by atoms with van der Waals surface area (Å²) in [6, 6.07) is 7.09. The highest BCUT2D eigenvalue weighted by Crippen LogP contribution is 2.29. The van der Waals surface area contributed by atoms with Crippen molar-refractivity contribution >= 4 is 16.8 Å². The lowest BCUT2D eigenvalue weighted by Crippen LogP contribution is -2.43. The molecule has 0 unspecified atom stereocenters. The van der Waals surface area contributed by atoms with Gasteiger partial charge in [0.2, 0.25) is 5.82 Å². The Labute approximate surface area is 169 Å². The van der Waals surface area contributed by atoms with Crippen molar-refractivity contribution in [1.82, 2.24) is 14.5 Å². The number of hydrogen-bond donors (Lipinski definition) is 0. The molecule has 4 rings (SSSR count). The fourth-order valence-corrected chi connectivity index (χ4v) is 3.80. The van der Waals surface area contributed by atoms with Crippen LogP contribution in [0.25, 0.3) is 10.9 Å². The molecule has 1 aromatic heterocycles. The molecule has 1 aliphatic rings. The maximum Gasteiger partial charge on any atom is 0.261 e. The second-order valence-corrected chi connectivity index (χ2v) is 7.09. The van der Waals surface area contributed by atoms with E-state index in [1.54, 1.807) is 24.3 Å². The number of hydrogen-bond acceptors (Lipinski definition) is 4. The zero-order valence-electron chi connectivity index (χ0n) is 16.1. The number of amides is 1. The summed E-state index contributed by atoms with van der Waals surface area (Å²) in [7, 11) is 0.991. The number of piperidine rings is 1. The normalized spacial score (nSPS) is 16.7. The summed E-state index contributed by atoms with van der Waals surface area (Å²) >= 11 is 0. The summed E-state index contributed by atoms with van der Waals surface area (Å²) in [5, 5.41) is 0.458. The Hall–Kier alpha value is -3.36. The molecular formula is C21H18F3N3O3. The number of carbonyl (C=O) groups is 1. The van der Waals surface area contributed by atoms with Crippen molar-refractivity contribution in [2.24, 2.45) is 0 Å². The van der Waals surface area contributed by atoms with Gasteiger partial charge in [-0.15, -0.1) is 0 Å². The number of carbonyl (C=O) groups excluding carboxylic acids is 1. The molecule has 0 saturated carbocycles. The number of para-hydroxylation sites is 1. The van der Waals surface area contributed by atoms with Crippen molar-refractivity contribution in [2.75, 3.05) is 20.2 Å². The van der Waals surface area contributed by atoms with Crippen molar-refractivity contribution in [2.45, 2.75) is 18.9 Å². The Morgan fingerprint density at radius 2 is 1.97 bits per heavy atom. The number of nitrogens with zero attached hydrogens (tertiary/aromatic N) is 3. The zero-order chi connectivity index (χ0) is 21.4. The van der Waals surface area contributed by atoms with Crippen molar-refractivity contribution in [3.8, 4) is 5.75 Å². The highest BCUT2D eigenvalue weighted by molar-refractivity contribution is 5.95. The van der Waals surface area contributed by atoms with E-state index in [0.29, 0.717) is 36.4 Å². The second kappa shape index (κ2) is 7.81. The van der Waals surface area contributed by atoms with E-state index in [1.807, 2.05) is 0 Å². The van der Waals surface area contributed by atoms with Gasteiger partial charge in [0.05, 0.1) is 35.9 Å². The van der Waals surface area contributed by atoms with Crippen LogP contribution in [0.3, 0.4) is 0 Å². The first-order valence-electron chi connectivity index (χ1n) is 9.39. The lowest BCUT2D eigenvalue weighted by Gasteiger charge is -2.33. The number of fused-ring (bicyclic) bond motifs is 1. The van der Waals surface area contributed by atoms with Crippen molar-refractivity contribution in [3.63, 3.8) is 0 Å². The molecule has 2 aromatic carbocycles. The molecule has 0 N–H and O–H groups in total. The van der Waals surface area contributed by atoms with E-state index >= 15 is 0 Å². The number of methoxy groups -OCH3 is 1. The van der Waals surface area contributed by atoms with Gasteiger partial charge < -0.3 is 9.64 Å². The summed E-state index contributed by atoms with van der Waals surface area (Å²) in [6.07, 6.45) is 2.61. The van der Waals surface area contributed by atoms with E-state index in [1.165, 1.54) is 15.8 Å². The van der Waals surface area contributed by atoms with E-state index in [9.17, 15) is 22.8 Å². The predicted octanol–water partition coefficient (Wildman–Crippen LogP) is 3.30. The van der Waals surface area contributed by atoms with Gasteiger partial charge in [0, 0.05) is 13.1 Å². The third-order valence-corrected chi connectivity index (χ3v) is 5.32. The van der Waals surface area contributed by atoms with Crippen molar-refractivity contribution in [3.05, 3.63) is 70.0 Å². The second-order valence-electron chi connectivity index (χ2n) is 7.09. The first kappa shape index (κ1) is 19.9. The summed E-state index contributed by atoms with van der Waals surface area (Å²) in [4.78, 5) is 31.3. The van der Waals surface area contributed by atoms with Gasteiger partial charge in [-0.05, 0) is 31.0 Å². The van der Waals surface area contributed by atoms with Crippen LogP contribution in [0.1, 0.15) is 29.2 Å². The average Bonchev–Trinajstić information content (AvgIpc) is 2.77. The third-order valence-electron chi connectivity index (χ3n) is 5.32. The van der Waals surface area contributed by atoms with E-state index in [4.69, 9.17) is 0 Å². The first-order valence-corrected chi connectivity index (χ1v) is 9.39. The van der Waals surface area contributed by atoms with Crippen LogP contribution in [0.5, 0.6) is 5.75 Å². The quantitative estimate of drug-likeness (QED) is 0.614. The maximum absolute atomic E-state index is 14.5. The number of likely N-dealkylation sites (tertiary alicyclic amines) is 1. The number of halogens is 3. The van der Waals surface area contributed by atoms with E-state index in [2.05, 4.69) is 9.72 Å². The third kappa shape index (κ3) is 3.30. The van der Waals surface area contributed by atoms with Crippen LogP contribution in [0.2, 0.25) is 0 Å². The predicted molar refractivity (Wildman–Crippen MR) is 103 cm³/mol. The van der Waals surface area contributed by atoms with E-state index in [0.717, 1.165) is 7.11 Å². The highest BCUT2D eigenvalue weighted by atomic mass is 19.2. The minimum absolute atomic E-state index is 0.111. The minimum atomic E-state index is -1.49. The molecule has 1 fully saturated rings.